The minimum Gasteiger partial charge on any atom is -0.338 e. The summed E-state index contributed by atoms with van der Waals surface area (Å²) < 4.78 is 17.8. The van der Waals surface area contributed by atoms with Gasteiger partial charge in [-0.2, -0.15) is 5.10 Å². The van der Waals surface area contributed by atoms with E-state index in [-0.39, 0.29) is 23.3 Å². The molecule has 2 aromatic carbocycles. The summed E-state index contributed by atoms with van der Waals surface area (Å²) >= 11 is 0. The second-order valence-corrected chi connectivity index (χ2v) is 8.63. The number of benzene rings is 2. The first-order chi connectivity index (χ1) is 16.5. The maximum atomic E-state index is 14.5. The van der Waals surface area contributed by atoms with Crippen molar-refractivity contribution in [3.63, 3.8) is 0 Å². The van der Waals surface area contributed by atoms with Crippen LogP contribution in [0, 0.1) is 18.7 Å². The van der Waals surface area contributed by atoms with Gasteiger partial charge in [-0.3, -0.25) is 9.59 Å². The van der Waals surface area contributed by atoms with E-state index < -0.39 is 5.82 Å². The summed E-state index contributed by atoms with van der Waals surface area (Å²) in [4.78, 5) is 28.2. The third-order valence-electron chi connectivity index (χ3n) is 6.39. The third kappa shape index (κ3) is 4.05. The Morgan fingerprint density at radius 3 is 2.29 bits per heavy atom. The van der Waals surface area contributed by atoms with E-state index in [9.17, 15) is 14.0 Å². The fourth-order valence-corrected chi connectivity index (χ4v) is 4.49. The Balaban J connectivity index is 1.38. The lowest BCUT2D eigenvalue weighted by molar-refractivity contribution is 0.0650. The molecule has 34 heavy (non-hydrogen) atoms. The average molecular weight is 457 g/mol. The van der Waals surface area contributed by atoms with Gasteiger partial charge in [0.05, 0.1) is 6.20 Å². The summed E-state index contributed by atoms with van der Waals surface area (Å²) in [5.41, 5.74) is 2.50. The minimum absolute atomic E-state index is 0.100. The van der Waals surface area contributed by atoms with Gasteiger partial charge < -0.3 is 9.47 Å². The number of amides is 1. The molecule has 172 valence electrons. The lowest BCUT2D eigenvalue weighted by atomic mass is 9.88. The summed E-state index contributed by atoms with van der Waals surface area (Å²) in [6.45, 7) is 2.96. The van der Waals surface area contributed by atoms with Crippen LogP contribution in [0.5, 0.6) is 0 Å². The standard InChI is InChI=1S/C27H25FN4O2/c1-19-8-10-20(11-9-19)25(33)21-12-16-31(17-13-21)27(34)22-18-29-32(24-7-3-2-6-23(24)28)26(22)30-14-4-5-15-30/h2-11,14-15,18,21H,12-13,16-17H2,1H3. The number of nitrogens with zero attached hydrogens (tertiary/aromatic N) is 4. The fourth-order valence-electron chi connectivity index (χ4n) is 4.49. The topological polar surface area (TPSA) is 60.1 Å². The van der Waals surface area contributed by atoms with E-state index >= 15 is 0 Å². The van der Waals surface area contributed by atoms with Crippen molar-refractivity contribution in [2.45, 2.75) is 19.8 Å². The molecule has 1 saturated heterocycles. The van der Waals surface area contributed by atoms with Crippen molar-refractivity contribution < 1.29 is 14.0 Å². The SMILES string of the molecule is Cc1ccc(C(=O)C2CCN(C(=O)c3cnn(-c4ccccc4F)c3-n3cccc3)CC2)cc1. The van der Waals surface area contributed by atoms with Gasteiger partial charge in [0.25, 0.3) is 5.91 Å². The Morgan fingerprint density at radius 2 is 1.62 bits per heavy atom. The number of halogens is 1. The molecule has 0 unspecified atom stereocenters. The molecule has 2 aromatic heterocycles. The van der Waals surface area contributed by atoms with Crippen molar-refractivity contribution in [1.82, 2.24) is 19.2 Å². The minimum atomic E-state index is -0.423. The molecule has 0 atom stereocenters. The van der Waals surface area contributed by atoms with Gasteiger partial charge in [-0.1, -0.05) is 42.0 Å². The Hall–Kier alpha value is -4.00. The van der Waals surface area contributed by atoms with Crippen molar-refractivity contribution in [2.24, 2.45) is 5.92 Å². The van der Waals surface area contributed by atoms with Crippen LogP contribution in [-0.4, -0.2) is 44.0 Å². The molecule has 1 aliphatic heterocycles. The molecule has 1 fully saturated rings. The van der Waals surface area contributed by atoms with Gasteiger partial charge in [0.15, 0.2) is 11.6 Å². The normalized spacial score (nSPS) is 14.4. The molecule has 0 aliphatic carbocycles. The predicted molar refractivity (Wildman–Crippen MR) is 127 cm³/mol. The van der Waals surface area contributed by atoms with E-state index in [4.69, 9.17) is 0 Å². The van der Waals surface area contributed by atoms with Crippen molar-refractivity contribution >= 4 is 11.7 Å². The number of carbonyl (C=O) groups is 2. The first-order valence-corrected chi connectivity index (χ1v) is 11.4. The number of ketones is 1. The highest BCUT2D eigenvalue weighted by Crippen LogP contribution is 2.26. The van der Waals surface area contributed by atoms with E-state index in [1.54, 1.807) is 40.1 Å². The van der Waals surface area contributed by atoms with Gasteiger partial charge in [-0.25, -0.2) is 9.07 Å². The number of aromatic nitrogens is 3. The molecule has 0 bridgehead atoms. The quantitative estimate of drug-likeness (QED) is 0.404. The van der Waals surface area contributed by atoms with Crippen molar-refractivity contribution in [3.8, 4) is 11.5 Å². The van der Waals surface area contributed by atoms with Crippen LogP contribution in [0.25, 0.3) is 11.5 Å². The highest BCUT2D eigenvalue weighted by atomic mass is 19.1. The number of aryl methyl sites for hydroxylation is 1. The van der Waals surface area contributed by atoms with Crippen LogP contribution in [0.15, 0.2) is 79.3 Å². The van der Waals surface area contributed by atoms with Crippen molar-refractivity contribution in [1.29, 1.82) is 0 Å². The van der Waals surface area contributed by atoms with E-state index in [1.807, 2.05) is 43.3 Å². The first-order valence-electron chi connectivity index (χ1n) is 11.4. The largest absolute Gasteiger partial charge is 0.338 e. The molecule has 7 heteroatoms. The van der Waals surface area contributed by atoms with Gasteiger partial charge in [0.1, 0.15) is 17.1 Å². The molecule has 1 aliphatic rings. The first kappa shape index (κ1) is 21.8. The third-order valence-corrected chi connectivity index (χ3v) is 6.39. The summed E-state index contributed by atoms with van der Waals surface area (Å²) in [5, 5.41) is 4.36. The lowest BCUT2D eigenvalue weighted by Gasteiger charge is -2.31. The molecule has 5 rings (SSSR count). The summed E-state index contributed by atoms with van der Waals surface area (Å²) in [5.74, 6) is -0.0803. The van der Waals surface area contributed by atoms with E-state index in [0.717, 1.165) is 11.1 Å². The van der Waals surface area contributed by atoms with Crippen LogP contribution in [-0.2, 0) is 0 Å². The average Bonchev–Trinajstić information content (AvgIpc) is 3.54. The smallest absolute Gasteiger partial charge is 0.259 e. The van der Waals surface area contributed by atoms with E-state index in [2.05, 4.69) is 5.10 Å². The molecule has 0 spiro atoms. The Morgan fingerprint density at radius 1 is 0.941 bits per heavy atom. The monoisotopic (exact) mass is 456 g/mol. The van der Waals surface area contributed by atoms with Gasteiger partial charge in [-0.05, 0) is 44.0 Å². The molecule has 6 nitrogen and oxygen atoms in total. The maximum absolute atomic E-state index is 14.5. The summed E-state index contributed by atoms with van der Waals surface area (Å²) in [7, 11) is 0. The number of hydrogen-bond donors (Lipinski definition) is 0. The van der Waals surface area contributed by atoms with Crippen LogP contribution in [0.2, 0.25) is 0 Å². The lowest BCUT2D eigenvalue weighted by Crippen LogP contribution is -2.40. The van der Waals surface area contributed by atoms with Crippen molar-refractivity contribution in [2.75, 3.05) is 13.1 Å². The zero-order valence-corrected chi connectivity index (χ0v) is 18.9. The number of likely N-dealkylation sites (tertiary alicyclic amines) is 1. The molecule has 0 radical (unpaired) electrons. The van der Waals surface area contributed by atoms with E-state index in [1.165, 1.54) is 16.9 Å². The van der Waals surface area contributed by atoms with Crippen LogP contribution in [0.1, 0.15) is 39.1 Å². The number of Topliss-reactive ketones (excluding diaryl/α,β-unsaturated/α-hetero) is 1. The zero-order valence-electron chi connectivity index (χ0n) is 18.9. The number of rotatable bonds is 5. The Kier molecular flexibility index (Phi) is 5.84. The molecular formula is C27H25FN4O2. The van der Waals surface area contributed by atoms with Gasteiger partial charge >= 0.3 is 0 Å². The molecule has 3 heterocycles. The highest BCUT2D eigenvalue weighted by molar-refractivity contribution is 5.99. The molecule has 4 aromatic rings. The highest BCUT2D eigenvalue weighted by Gasteiger charge is 2.31. The molecule has 1 amide bonds. The second kappa shape index (κ2) is 9.09. The van der Waals surface area contributed by atoms with Gasteiger partial charge in [-0.15, -0.1) is 0 Å². The molecule has 0 saturated carbocycles. The second-order valence-electron chi connectivity index (χ2n) is 8.63. The van der Waals surface area contributed by atoms with Crippen LogP contribution < -0.4 is 0 Å². The molecular weight excluding hydrogens is 431 g/mol. The summed E-state index contributed by atoms with van der Waals surface area (Å²) in [6, 6.07) is 17.7. The number of carbonyl (C=O) groups excluding carboxylic acids is 2. The zero-order chi connectivity index (χ0) is 23.7. The Bertz CT molecular complexity index is 1320. The predicted octanol–water partition coefficient (Wildman–Crippen LogP) is 4.85. The van der Waals surface area contributed by atoms with Gasteiger partial charge in [0.2, 0.25) is 0 Å². The van der Waals surface area contributed by atoms with E-state index in [0.29, 0.717) is 37.3 Å². The number of piperidine rings is 1. The summed E-state index contributed by atoms with van der Waals surface area (Å²) in [6.07, 6.45) is 6.32. The number of hydrogen-bond acceptors (Lipinski definition) is 3. The van der Waals surface area contributed by atoms with Gasteiger partial charge in [0, 0.05) is 37.0 Å². The van der Waals surface area contributed by atoms with Crippen molar-refractivity contribution in [3.05, 3.63) is 102 Å². The fraction of sp³-hybridized carbons (Fsp3) is 0.222. The van der Waals surface area contributed by atoms with Crippen LogP contribution in [0.4, 0.5) is 4.39 Å². The van der Waals surface area contributed by atoms with Crippen LogP contribution in [0.3, 0.4) is 0 Å². The number of para-hydroxylation sites is 1. The van der Waals surface area contributed by atoms with Crippen LogP contribution >= 0.6 is 0 Å². The Labute approximate surface area is 197 Å². The molecule has 0 N–H and O–H groups in total. The maximum Gasteiger partial charge on any atom is 0.259 e.